The molecule has 1 amide bonds. The van der Waals surface area contributed by atoms with Gasteiger partial charge in [0.05, 0.1) is 40.6 Å². The molecule has 2 N–H and O–H groups in total. The molecule has 0 spiro atoms. The zero-order chi connectivity index (χ0) is 22.7. The molecule has 2 aliphatic heterocycles. The van der Waals surface area contributed by atoms with Crippen molar-refractivity contribution in [3.05, 3.63) is 56.8 Å². The summed E-state index contributed by atoms with van der Waals surface area (Å²) in [6, 6.07) is 6.78. The van der Waals surface area contributed by atoms with Crippen LogP contribution in [0.4, 0.5) is 0 Å². The van der Waals surface area contributed by atoms with Gasteiger partial charge in [-0.25, -0.2) is 9.59 Å². The minimum absolute atomic E-state index is 0.0219. The maximum atomic E-state index is 13.1. The number of ether oxygens (including phenoxy) is 2. The van der Waals surface area contributed by atoms with E-state index in [-0.39, 0.29) is 36.1 Å². The van der Waals surface area contributed by atoms with Crippen LogP contribution in [-0.4, -0.2) is 41.2 Å². The van der Waals surface area contributed by atoms with Gasteiger partial charge in [-0.1, -0.05) is 48.8 Å². The fourth-order valence-corrected chi connectivity index (χ4v) is 4.80. The molecule has 31 heavy (non-hydrogen) atoms. The van der Waals surface area contributed by atoms with Crippen LogP contribution in [0, 0.1) is 0 Å². The maximum Gasteiger partial charge on any atom is 0.338 e. The number of unbranched alkanes of at least 4 members (excludes halogenated alkanes) is 1. The molecule has 2 aliphatic rings. The van der Waals surface area contributed by atoms with Crippen molar-refractivity contribution < 1.29 is 23.9 Å². The van der Waals surface area contributed by atoms with E-state index in [0.717, 1.165) is 6.42 Å². The summed E-state index contributed by atoms with van der Waals surface area (Å²) in [5.74, 6) is -2.44. The summed E-state index contributed by atoms with van der Waals surface area (Å²) in [7, 11) is 0. The molecule has 0 radical (unpaired) electrons. The van der Waals surface area contributed by atoms with Crippen LogP contribution in [0.25, 0.3) is 0 Å². The Morgan fingerprint density at radius 1 is 1.13 bits per heavy atom. The zero-order valence-corrected chi connectivity index (χ0v) is 19.2. The molecule has 0 unspecified atom stereocenters. The Balaban J connectivity index is 2.21. The van der Waals surface area contributed by atoms with Gasteiger partial charge in [-0.3, -0.25) is 9.69 Å². The Morgan fingerprint density at radius 2 is 1.77 bits per heavy atom. The number of carbonyl (C=O) groups is 3. The van der Waals surface area contributed by atoms with E-state index in [2.05, 4.69) is 0 Å². The van der Waals surface area contributed by atoms with Crippen molar-refractivity contribution in [3.63, 3.8) is 0 Å². The van der Waals surface area contributed by atoms with Crippen molar-refractivity contribution in [1.29, 1.82) is 0 Å². The van der Waals surface area contributed by atoms with Gasteiger partial charge in [0.2, 0.25) is 5.91 Å². The first kappa shape index (κ1) is 23.2. The van der Waals surface area contributed by atoms with Crippen molar-refractivity contribution in [1.82, 2.24) is 4.90 Å². The summed E-state index contributed by atoms with van der Waals surface area (Å²) in [5, 5.41) is 0.437. The molecule has 1 saturated heterocycles. The Morgan fingerprint density at radius 3 is 2.39 bits per heavy atom. The minimum atomic E-state index is -0.845. The number of amides is 1. The maximum absolute atomic E-state index is 13.1. The molecule has 3 rings (SSSR count). The molecule has 2 atom stereocenters. The topological polar surface area (TPSA) is 98.9 Å². The number of thioether (sulfide) groups is 1. The number of fused-ring (bicyclic) bond motifs is 1. The van der Waals surface area contributed by atoms with Crippen molar-refractivity contribution in [3.8, 4) is 0 Å². The van der Waals surface area contributed by atoms with E-state index < -0.39 is 23.1 Å². The number of carbonyl (C=O) groups excluding carboxylic acids is 3. The van der Waals surface area contributed by atoms with Gasteiger partial charge < -0.3 is 15.2 Å². The fraction of sp³-hybridized carbons (Fsp3) is 0.409. The molecular formula is C22H25ClN2O5S. The molecule has 1 aromatic rings. The number of halogens is 1. The van der Waals surface area contributed by atoms with Crippen LogP contribution in [0.2, 0.25) is 5.02 Å². The van der Waals surface area contributed by atoms with Crippen molar-refractivity contribution in [2.45, 2.75) is 44.8 Å². The highest BCUT2D eigenvalue weighted by Gasteiger charge is 2.49. The zero-order valence-electron chi connectivity index (χ0n) is 17.6. The van der Waals surface area contributed by atoms with Crippen molar-refractivity contribution >= 4 is 41.2 Å². The Labute approximate surface area is 190 Å². The first-order valence-electron chi connectivity index (χ1n) is 10.2. The molecule has 2 heterocycles. The Bertz CT molecular complexity index is 957. The molecule has 1 aromatic carbocycles. The number of nitrogens with two attached hydrogens (primary N) is 1. The highest BCUT2D eigenvalue weighted by Crippen LogP contribution is 2.49. The van der Waals surface area contributed by atoms with Gasteiger partial charge >= 0.3 is 11.9 Å². The van der Waals surface area contributed by atoms with Crippen LogP contribution < -0.4 is 5.73 Å². The molecule has 0 aromatic heterocycles. The van der Waals surface area contributed by atoms with Gasteiger partial charge in [-0.2, -0.15) is 0 Å². The van der Waals surface area contributed by atoms with Gasteiger partial charge in [0.15, 0.2) is 0 Å². The molecule has 0 saturated carbocycles. The molecule has 9 heteroatoms. The van der Waals surface area contributed by atoms with Crippen molar-refractivity contribution in [2.24, 2.45) is 5.73 Å². The molecule has 0 bridgehead atoms. The van der Waals surface area contributed by atoms with Gasteiger partial charge in [0.25, 0.3) is 0 Å². The number of benzene rings is 1. The van der Waals surface area contributed by atoms with E-state index in [1.54, 1.807) is 38.1 Å². The lowest BCUT2D eigenvalue weighted by atomic mass is 9.82. The summed E-state index contributed by atoms with van der Waals surface area (Å²) in [6.07, 6.45) is 1.53. The van der Waals surface area contributed by atoms with E-state index in [0.29, 0.717) is 22.0 Å². The lowest BCUT2D eigenvalue weighted by molar-refractivity contribution is -0.140. The molecule has 166 valence electrons. The number of hydrogen-bond donors (Lipinski definition) is 1. The molecule has 7 nitrogen and oxygen atoms in total. The number of hydrogen-bond acceptors (Lipinski definition) is 7. The average Bonchev–Trinajstić information content (AvgIpc) is 3.03. The van der Waals surface area contributed by atoms with Crippen LogP contribution in [0.5, 0.6) is 0 Å². The SMILES string of the molecule is CCCCOC(=O)C1=C(N)N2C(=O)[C@H](C)SC2=C(C(=O)OCC)[C@H]1c1ccc(Cl)cc1. The molecule has 0 aliphatic carbocycles. The molecule has 1 fully saturated rings. The average molecular weight is 465 g/mol. The summed E-state index contributed by atoms with van der Waals surface area (Å²) >= 11 is 7.27. The third-order valence-electron chi connectivity index (χ3n) is 5.03. The molecular weight excluding hydrogens is 440 g/mol. The fourth-order valence-electron chi connectivity index (χ4n) is 3.51. The largest absolute Gasteiger partial charge is 0.463 e. The van der Waals surface area contributed by atoms with E-state index in [4.69, 9.17) is 26.8 Å². The Kier molecular flexibility index (Phi) is 7.33. The summed E-state index contributed by atoms with van der Waals surface area (Å²) < 4.78 is 10.8. The van der Waals surface area contributed by atoms with Gasteiger partial charge in [-0.15, -0.1) is 0 Å². The van der Waals surface area contributed by atoms with E-state index in [1.807, 2.05) is 6.92 Å². The van der Waals surface area contributed by atoms with E-state index >= 15 is 0 Å². The highest BCUT2D eigenvalue weighted by atomic mass is 35.5. The van der Waals surface area contributed by atoms with Crippen LogP contribution in [0.1, 0.15) is 45.1 Å². The van der Waals surface area contributed by atoms with Crippen molar-refractivity contribution in [2.75, 3.05) is 13.2 Å². The lowest BCUT2D eigenvalue weighted by Crippen LogP contribution is -2.40. The second-order valence-corrected chi connectivity index (χ2v) is 8.91. The van der Waals surface area contributed by atoms with E-state index in [9.17, 15) is 14.4 Å². The van der Waals surface area contributed by atoms with Crippen LogP contribution in [-0.2, 0) is 23.9 Å². The number of rotatable bonds is 7. The van der Waals surface area contributed by atoms with Crippen LogP contribution >= 0.6 is 23.4 Å². The second-order valence-electron chi connectivity index (χ2n) is 7.15. The van der Waals surface area contributed by atoms with Gasteiger partial charge in [0.1, 0.15) is 5.82 Å². The standard InChI is InChI=1S/C22H25ClN2O5S/c1-4-6-11-30-21(27)16-15(13-7-9-14(23)10-8-13)17(22(28)29-5-2)20-25(18(16)24)19(26)12(3)31-20/h7-10,12,15H,4-6,11,24H2,1-3H3/t12-,15-/m0/s1. The smallest absolute Gasteiger partial charge is 0.338 e. The quantitative estimate of drug-likeness (QED) is 0.485. The minimum Gasteiger partial charge on any atom is -0.463 e. The predicted octanol–water partition coefficient (Wildman–Crippen LogP) is 3.69. The predicted molar refractivity (Wildman–Crippen MR) is 119 cm³/mol. The summed E-state index contributed by atoms with van der Waals surface area (Å²) in [5.41, 5.74) is 7.24. The Hall–Kier alpha value is -2.45. The first-order valence-corrected chi connectivity index (χ1v) is 11.4. The number of esters is 2. The van der Waals surface area contributed by atoms with Gasteiger partial charge in [-0.05, 0) is 38.0 Å². The van der Waals surface area contributed by atoms with Crippen LogP contribution in [0.3, 0.4) is 0 Å². The highest BCUT2D eigenvalue weighted by molar-refractivity contribution is 8.04. The lowest BCUT2D eigenvalue weighted by Gasteiger charge is -2.33. The third-order valence-corrected chi connectivity index (χ3v) is 6.47. The first-order chi connectivity index (χ1) is 14.8. The van der Waals surface area contributed by atoms with E-state index in [1.165, 1.54) is 16.7 Å². The van der Waals surface area contributed by atoms with Crippen LogP contribution in [0.15, 0.2) is 46.3 Å². The second kappa shape index (κ2) is 9.78. The third kappa shape index (κ3) is 4.45. The summed E-state index contributed by atoms with van der Waals surface area (Å²) in [4.78, 5) is 40.3. The van der Waals surface area contributed by atoms with Gasteiger partial charge in [0, 0.05) is 5.02 Å². The normalized spacial score (nSPS) is 20.8. The number of nitrogens with zero attached hydrogens (tertiary/aromatic N) is 1. The summed E-state index contributed by atoms with van der Waals surface area (Å²) in [6.45, 7) is 5.76. The monoisotopic (exact) mass is 464 g/mol.